The van der Waals surface area contributed by atoms with Crippen LogP contribution in [0.3, 0.4) is 0 Å². The highest BCUT2D eigenvalue weighted by atomic mass is 16.6. The van der Waals surface area contributed by atoms with E-state index in [1.54, 1.807) is 32.1 Å². The molecule has 0 bridgehead atoms. The van der Waals surface area contributed by atoms with Gasteiger partial charge in [-0.3, -0.25) is 0 Å². The Morgan fingerprint density at radius 1 is 1.39 bits per heavy atom. The summed E-state index contributed by atoms with van der Waals surface area (Å²) in [6.07, 6.45) is 2.46. The summed E-state index contributed by atoms with van der Waals surface area (Å²) >= 11 is 0. The Kier molecular flexibility index (Phi) is 6.96. The van der Waals surface area contributed by atoms with Crippen molar-refractivity contribution in [1.29, 1.82) is 0 Å². The number of aliphatic hydroxyl groups excluding tert-OH is 1. The van der Waals surface area contributed by atoms with Crippen molar-refractivity contribution in [2.45, 2.75) is 51.9 Å². The van der Waals surface area contributed by atoms with Gasteiger partial charge in [0.25, 0.3) is 0 Å². The molecule has 2 aliphatic rings. The standard InChI is InChI=1S/C21H26O7/c1-6-12(3)19(23)28-18-16-13(4)20(24)27-15(16)10-11(2)8-7-9-14(17(18)22)21(25)26-5/h6,9-10,15-18,22H,4,7-8H2,1-3,5H3/b11-10+,12-6-,14-9+/t15-,16+,17+,18+/m1/s1. The van der Waals surface area contributed by atoms with Crippen molar-refractivity contribution in [3.8, 4) is 0 Å². The number of rotatable bonds is 3. The van der Waals surface area contributed by atoms with Crippen LogP contribution < -0.4 is 0 Å². The van der Waals surface area contributed by atoms with Gasteiger partial charge in [0.2, 0.25) is 0 Å². The molecule has 7 nitrogen and oxygen atoms in total. The van der Waals surface area contributed by atoms with Crippen LogP contribution in [0, 0.1) is 5.92 Å². The van der Waals surface area contributed by atoms with Gasteiger partial charge in [-0.1, -0.05) is 24.3 Å². The fourth-order valence-electron chi connectivity index (χ4n) is 3.24. The normalized spacial score (nSPS) is 32.2. The van der Waals surface area contributed by atoms with Crippen LogP contribution in [0.1, 0.15) is 33.6 Å². The number of aliphatic hydroxyl groups is 1. The van der Waals surface area contributed by atoms with Gasteiger partial charge >= 0.3 is 17.9 Å². The van der Waals surface area contributed by atoms with Gasteiger partial charge in [-0.2, -0.15) is 0 Å². The summed E-state index contributed by atoms with van der Waals surface area (Å²) in [5, 5.41) is 11.0. The minimum Gasteiger partial charge on any atom is -0.466 e. The van der Waals surface area contributed by atoms with E-state index in [9.17, 15) is 19.5 Å². The summed E-state index contributed by atoms with van der Waals surface area (Å²) in [5.74, 6) is -2.86. The zero-order valence-corrected chi connectivity index (χ0v) is 16.6. The van der Waals surface area contributed by atoms with Gasteiger partial charge in [0, 0.05) is 11.1 Å². The predicted octanol–water partition coefficient (Wildman–Crippen LogP) is 2.16. The molecule has 152 valence electrons. The van der Waals surface area contributed by atoms with Crippen LogP contribution >= 0.6 is 0 Å². The van der Waals surface area contributed by atoms with E-state index < -0.39 is 42.1 Å². The Morgan fingerprint density at radius 2 is 2.07 bits per heavy atom. The number of esters is 3. The fourth-order valence-corrected chi connectivity index (χ4v) is 3.24. The van der Waals surface area contributed by atoms with Gasteiger partial charge in [0.05, 0.1) is 18.6 Å². The first-order valence-corrected chi connectivity index (χ1v) is 9.08. The molecule has 0 unspecified atom stereocenters. The van der Waals surface area contributed by atoms with Gasteiger partial charge in [-0.25, -0.2) is 14.4 Å². The molecule has 0 saturated carbocycles. The molecule has 0 aromatic heterocycles. The number of hydrogen-bond acceptors (Lipinski definition) is 7. The lowest BCUT2D eigenvalue weighted by Crippen LogP contribution is -2.44. The Labute approximate surface area is 164 Å². The number of ether oxygens (including phenoxy) is 3. The third-order valence-corrected chi connectivity index (χ3v) is 5.02. The molecule has 0 amide bonds. The Morgan fingerprint density at radius 3 is 2.68 bits per heavy atom. The molecule has 0 radical (unpaired) electrons. The molecule has 2 rings (SSSR count). The van der Waals surface area contributed by atoms with Crippen molar-refractivity contribution in [3.63, 3.8) is 0 Å². The minimum atomic E-state index is -1.51. The van der Waals surface area contributed by atoms with Crippen molar-refractivity contribution >= 4 is 17.9 Å². The van der Waals surface area contributed by atoms with E-state index in [0.29, 0.717) is 18.4 Å². The molecule has 1 saturated heterocycles. The third-order valence-electron chi connectivity index (χ3n) is 5.02. The van der Waals surface area contributed by atoms with E-state index in [-0.39, 0.29) is 11.1 Å². The minimum absolute atomic E-state index is 0.0287. The maximum Gasteiger partial charge on any atom is 0.336 e. The van der Waals surface area contributed by atoms with E-state index in [1.165, 1.54) is 7.11 Å². The molecule has 0 aromatic carbocycles. The number of hydrogen-bond donors (Lipinski definition) is 1. The molecular weight excluding hydrogens is 364 g/mol. The predicted molar refractivity (Wildman–Crippen MR) is 101 cm³/mol. The molecule has 28 heavy (non-hydrogen) atoms. The number of methoxy groups -OCH3 is 1. The summed E-state index contributed by atoms with van der Waals surface area (Å²) in [6.45, 7) is 8.88. The summed E-state index contributed by atoms with van der Waals surface area (Å²) < 4.78 is 15.7. The first-order chi connectivity index (χ1) is 13.2. The van der Waals surface area contributed by atoms with Crippen LogP contribution in [0.2, 0.25) is 0 Å². The number of allylic oxidation sites excluding steroid dienone is 3. The highest BCUT2D eigenvalue weighted by Gasteiger charge is 2.48. The van der Waals surface area contributed by atoms with E-state index in [2.05, 4.69) is 6.58 Å². The first kappa shape index (κ1) is 21.6. The second-order valence-electron chi connectivity index (χ2n) is 6.91. The van der Waals surface area contributed by atoms with Crippen LogP contribution in [0.4, 0.5) is 0 Å². The Bertz CT molecular complexity index is 772. The monoisotopic (exact) mass is 390 g/mol. The van der Waals surface area contributed by atoms with Crippen molar-refractivity contribution in [2.75, 3.05) is 7.11 Å². The average molecular weight is 390 g/mol. The van der Waals surface area contributed by atoms with Crippen LogP contribution in [0.15, 0.2) is 47.1 Å². The second-order valence-corrected chi connectivity index (χ2v) is 6.91. The van der Waals surface area contributed by atoms with Crippen LogP contribution in [0.5, 0.6) is 0 Å². The van der Waals surface area contributed by atoms with Crippen molar-refractivity contribution < 1.29 is 33.7 Å². The maximum absolute atomic E-state index is 12.4. The summed E-state index contributed by atoms with van der Waals surface area (Å²) in [7, 11) is 1.20. The van der Waals surface area contributed by atoms with E-state index in [0.717, 1.165) is 5.57 Å². The van der Waals surface area contributed by atoms with E-state index >= 15 is 0 Å². The molecule has 1 aliphatic carbocycles. The summed E-state index contributed by atoms with van der Waals surface area (Å²) in [6, 6.07) is 0. The Balaban J connectivity index is 2.57. The van der Waals surface area contributed by atoms with Crippen molar-refractivity contribution in [1.82, 2.24) is 0 Å². The van der Waals surface area contributed by atoms with Crippen molar-refractivity contribution in [2.24, 2.45) is 5.92 Å². The Hall–Kier alpha value is -2.67. The van der Waals surface area contributed by atoms with E-state index in [4.69, 9.17) is 14.2 Å². The number of carbonyl (C=O) groups excluding carboxylic acids is 3. The topological polar surface area (TPSA) is 99.1 Å². The highest BCUT2D eigenvalue weighted by Crippen LogP contribution is 2.37. The number of carbonyl (C=O) groups is 3. The highest BCUT2D eigenvalue weighted by molar-refractivity contribution is 5.93. The molecule has 4 atom stereocenters. The zero-order chi connectivity index (χ0) is 21.0. The quantitative estimate of drug-likeness (QED) is 0.341. The van der Waals surface area contributed by atoms with E-state index in [1.807, 2.05) is 6.92 Å². The molecule has 0 spiro atoms. The van der Waals surface area contributed by atoms with Crippen LogP contribution in [-0.2, 0) is 28.6 Å². The molecule has 7 heteroatoms. The molecule has 1 fully saturated rings. The van der Waals surface area contributed by atoms with Gasteiger partial charge < -0.3 is 19.3 Å². The lowest BCUT2D eigenvalue weighted by Gasteiger charge is -2.31. The largest absolute Gasteiger partial charge is 0.466 e. The molecule has 1 N–H and O–H groups in total. The van der Waals surface area contributed by atoms with Gasteiger partial charge in [-0.15, -0.1) is 0 Å². The van der Waals surface area contributed by atoms with Gasteiger partial charge in [0.1, 0.15) is 18.3 Å². The third kappa shape index (κ3) is 4.42. The lowest BCUT2D eigenvalue weighted by atomic mass is 9.83. The fraction of sp³-hybridized carbons (Fsp3) is 0.476. The second kappa shape index (κ2) is 9.01. The molecule has 1 aliphatic heterocycles. The van der Waals surface area contributed by atoms with Crippen LogP contribution in [-0.4, -0.2) is 48.4 Å². The lowest BCUT2D eigenvalue weighted by molar-refractivity contribution is -0.155. The number of fused-ring (bicyclic) bond motifs is 1. The van der Waals surface area contributed by atoms with Crippen molar-refractivity contribution in [3.05, 3.63) is 47.1 Å². The van der Waals surface area contributed by atoms with Crippen LogP contribution in [0.25, 0.3) is 0 Å². The first-order valence-electron chi connectivity index (χ1n) is 9.08. The summed E-state index contributed by atoms with van der Waals surface area (Å²) in [4.78, 5) is 36.8. The molecule has 1 heterocycles. The smallest absolute Gasteiger partial charge is 0.336 e. The zero-order valence-electron chi connectivity index (χ0n) is 16.6. The molecular formula is C21H26O7. The summed E-state index contributed by atoms with van der Waals surface area (Å²) in [5.41, 5.74) is 1.31. The SMILES string of the molecule is C=C1C(=O)O[C@@H]2/C=C(\C)CC/C=C(/C(=O)OC)[C@H](O)[C@@H](OC(=O)/C(C)=C\C)[C@@H]12. The molecule has 0 aromatic rings. The van der Waals surface area contributed by atoms with Gasteiger partial charge in [0.15, 0.2) is 0 Å². The van der Waals surface area contributed by atoms with Gasteiger partial charge in [-0.05, 0) is 39.7 Å². The maximum atomic E-state index is 12.4. The average Bonchev–Trinajstić information content (AvgIpc) is 2.94.